The van der Waals surface area contributed by atoms with Gasteiger partial charge in [0.05, 0.1) is 24.5 Å². The topological polar surface area (TPSA) is 80.0 Å². The van der Waals surface area contributed by atoms with E-state index in [1.165, 1.54) is 0 Å². The summed E-state index contributed by atoms with van der Waals surface area (Å²) in [5.74, 6) is 0.938. The number of anilines is 1. The van der Waals surface area contributed by atoms with Crippen molar-refractivity contribution >= 4 is 39.3 Å². The molecule has 3 aromatic rings. The molecule has 0 aromatic carbocycles. The van der Waals surface area contributed by atoms with Gasteiger partial charge in [-0.15, -0.1) is 11.3 Å². The molecule has 0 spiro atoms. The Morgan fingerprint density at radius 1 is 1.35 bits per heavy atom. The van der Waals surface area contributed by atoms with Gasteiger partial charge in [-0.1, -0.05) is 11.8 Å². The van der Waals surface area contributed by atoms with Gasteiger partial charge in [0, 0.05) is 13.1 Å². The molecule has 0 radical (unpaired) electrons. The Kier molecular flexibility index (Phi) is 3.92. The standard InChI is InChI=1S/C14H16N6OS2/c1-22-14-17-12-11(23-14)13(16-8-15-12)19-3-2-4-20-10(6-19)5-9(7-21)18-20/h5,8,21H,2-4,6-7H2,1H3. The Balaban J connectivity index is 1.73. The molecule has 4 rings (SSSR count). The van der Waals surface area contributed by atoms with Crippen molar-refractivity contribution in [3.05, 3.63) is 23.8 Å². The lowest BCUT2D eigenvalue weighted by Gasteiger charge is -2.21. The van der Waals surface area contributed by atoms with Crippen LogP contribution in [0.4, 0.5) is 5.82 Å². The zero-order valence-electron chi connectivity index (χ0n) is 12.6. The Bertz CT molecular complexity index is 845. The molecule has 1 N–H and O–H groups in total. The van der Waals surface area contributed by atoms with Crippen molar-refractivity contribution in [2.45, 2.75) is 30.5 Å². The van der Waals surface area contributed by atoms with Gasteiger partial charge in [-0.05, 0) is 18.7 Å². The maximum absolute atomic E-state index is 9.29. The van der Waals surface area contributed by atoms with Gasteiger partial charge in [-0.3, -0.25) is 4.68 Å². The third kappa shape index (κ3) is 2.68. The van der Waals surface area contributed by atoms with Crippen LogP contribution < -0.4 is 4.90 Å². The van der Waals surface area contributed by atoms with E-state index in [2.05, 4.69) is 25.0 Å². The van der Waals surface area contributed by atoms with Crippen molar-refractivity contribution in [2.75, 3.05) is 17.7 Å². The summed E-state index contributed by atoms with van der Waals surface area (Å²) in [6.45, 7) is 2.48. The molecule has 1 aliphatic heterocycles. The van der Waals surface area contributed by atoms with Crippen molar-refractivity contribution in [3.8, 4) is 0 Å². The van der Waals surface area contributed by atoms with Crippen molar-refractivity contribution in [2.24, 2.45) is 0 Å². The van der Waals surface area contributed by atoms with Crippen molar-refractivity contribution in [1.29, 1.82) is 0 Å². The van der Waals surface area contributed by atoms with Crippen LogP contribution in [0.3, 0.4) is 0 Å². The number of nitrogens with zero attached hydrogens (tertiary/aromatic N) is 6. The highest BCUT2D eigenvalue weighted by Crippen LogP contribution is 2.33. The Hall–Kier alpha value is -1.71. The van der Waals surface area contributed by atoms with E-state index in [4.69, 9.17) is 0 Å². The number of hydrogen-bond donors (Lipinski definition) is 1. The molecule has 7 nitrogen and oxygen atoms in total. The summed E-state index contributed by atoms with van der Waals surface area (Å²) < 4.78 is 4.03. The molecule has 0 aliphatic carbocycles. The van der Waals surface area contributed by atoms with Crippen LogP contribution in [0.15, 0.2) is 16.7 Å². The lowest BCUT2D eigenvalue weighted by Crippen LogP contribution is -2.23. The molecule has 0 atom stereocenters. The predicted molar refractivity (Wildman–Crippen MR) is 90.8 cm³/mol. The first-order valence-electron chi connectivity index (χ1n) is 7.35. The number of fused-ring (bicyclic) bond motifs is 2. The van der Waals surface area contributed by atoms with Crippen LogP contribution in [0.5, 0.6) is 0 Å². The highest BCUT2D eigenvalue weighted by Gasteiger charge is 2.21. The smallest absolute Gasteiger partial charge is 0.176 e. The fourth-order valence-corrected chi connectivity index (χ4v) is 4.35. The van der Waals surface area contributed by atoms with E-state index in [0.717, 1.165) is 57.9 Å². The second kappa shape index (κ2) is 6.06. The van der Waals surface area contributed by atoms with Crippen molar-refractivity contribution in [3.63, 3.8) is 0 Å². The first-order valence-corrected chi connectivity index (χ1v) is 9.39. The van der Waals surface area contributed by atoms with Crippen LogP contribution in [0.2, 0.25) is 0 Å². The molecule has 0 fully saturated rings. The molecular weight excluding hydrogens is 332 g/mol. The van der Waals surface area contributed by atoms with Gasteiger partial charge in [0.1, 0.15) is 11.0 Å². The summed E-state index contributed by atoms with van der Waals surface area (Å²) in [5, 5.41) is 13.7. The molecule has 4 heterocycles. The summed E-state index contributed by atoms with van der Waals surface area (Å²) >= 11 is 3.27. The van der Waals surface area contributed by atoms with Gasteiger partial charge in [0.2, 0.25) is 0 Å². The maximum Gasteiger partial charge on any atom is 0.176 e. The van der Waals surface area contributed by atoms with Crippen LogP contribution in [-0.2, 0) is 19.7 Å². The number of aliphatic hydroxyl groups excluding tert-OH is 1. The van der Waals surface area contributed by atoms with E-state index >= 15 is 0 Å². The SMILES string of the molecule is CSc1nc2ncnc(N3CCCn4nc(CO)cc4C3)c2s1. The maximum atomic E-state index is 9.29. The van der Waals surface area contributed by atoms with Crippen molar-refractivity contribution < 1.29 is 5.11 Å². The lowest BCUT2D eigenvalue weighted by atomic mass is 10.3. The molecule has 9 heteroatoms. The average molecular weight is 348 g/mol. The van der Waals surface area contributed by atoms with E-state index in [1.54, 1.807) is 29.4 Å². The first-order chi connectivity index (χ1) is 11.3. The molecule has 0 bridgehead atoms. The van der Waals surface area contributed by atoms with E-state index < -0.39 is 0 Å². The number of thioether (sulfide) groups is 1. The van der Waals surface area contributed by atoms with E-state index in [1.807, 2.05) is 17.0 Å². The number of aliphatic hydroxyl groups is 1. The average Bonchev–Trinajstić information content (AvgIpc) is 3.12. The largest absolute Gasteiger partial charge is 0.390 e. The van der Waals surface area contributed by atoms with Crippen LogP contribution in [0, 0.1) is 0 Å². The minimum absolute atomic E-state index is 0.0241. The van der Waals surface area contributed by atoms with E-state index in [-0.39, 0.29) is 6.61 Å². The second-order valence-electron chi connectivity index (χ2n) is 5.32. The van der Waals surface area contributed by atoms with Gasteiger partial charge in [-0.25, -0.2) is 15.0 Å². The number of aromatic nitrogens is 5. The zero-order valence-corrected chi connectivity index (χ0v) is 14.3. The number of aryl methyl sites for hydroxylation is 1. The minimum atomic E-state index is -0.0241. The molecule has 3 aromatic heterocycles. The van der Waals surface area contributed by atoms with Crippen LogP contribution in [0.25, 0.3) is 10.3 Å². The Morgan fingerprint density at radius 3 is 3.09 bits per heavy atom. The fraction of sp³-hybridized carbons (Fsp3) is 0.429. The van der Waals surface area contributed by atoms with Gasteiger partial charge in [0.25, 0.3) is 0 Å². The van der Waals surface area contributed by atoms with Gasteiger partial charge >= 0.3 is 0 Å². The highest BCUT2D eigenvalue weighted by atomic mass is 32.2. The molecule has 0 amide bonds. The summed E-state index contributed by atoms with van der Waals surface area (Å²) in [7, 11) is 0. The summed E-state index contributed by atoms with van der Waals surface area (Å²) in [5.41, 5.74) is 2.59. The van der Waals surface area contributed by atoms with Crippen LogP contribution in [0.1, 0.15) is 17.8 Å². The third-order valence-corrected chi connectivity index (χ3v) is 5.88. The molecule has 0 saturated carbocycles. The van der Waals surface area contributed by atoms with Crippen LogP contribution in [-0.4, -0.2) is 42.6 Å². The number of hydrogen-bond acceptors (Lipinski definition) is 8. The summed E-state index contributed by atoms with van der Waals surface area (Å²) in [6, 6.07) is 1.97. The first kappa shape index (κ1) is 14.9. The zero-order chi connectivity index (χ0) is 15.8. The Morgan fingerprint density at radius 2 is 2.26 bits per heavy atom. The molecular formula is C14H16N6OS2. The normalized spacial score (nSPS) is 15.0. The fourth-order valence-electron chi connectivity index (χ4n) is 2.82. The predicted octanol–water partition coefficient (Wildman–Crippen LogP) is 1.91. The summed E-state index contributed by atoms with van der Waals surface area (Å²) in [6.07, 6.45) is 4.59. The van der Waals surface area contributed by atoms with E-state index in [9.17, 15) is 5.11 Å². The molecule has 120 valence electrons. The van der Waals surface area contributed by atoms with Gasteiger partial charge in [0.15, 0.2) is 15.8 Å². The lowest BCUT2D eigenvalue weighted by molar-refractivity contribution is 0.275. The second-order valence-corrected chi connectivity index (χ2v) is 7.37. The highest BCUT2D eigenvalue weighted by molar-refractivity contribution is 8.00. The molecule has 1 aliphatic rings. The van der Waals surface area contributed by atoms with E-state index in [0.29, 0.717) is 0 Å². The number of thiazole rings is 1. The molecule has 0 saturated heterocycles. The quantitative estimate of drug-likeness (QED) is 0.724. The van der Waals surface area contributed by atoms with Crippen molar-refractivity contribution in [1.82, 2.24) is 24.7 Å². The minimum Gasteiger partial charge on any atom is -0.390 e. The summed E-state index contributed by atoms with van der Waals surface area (Å²) in [4.78, 5) is 15.6. The van der Waals surface area contributed by atoms with Gasteiger partial charge < -0.3 is 10.0 Å². The van der Waals surface area contributed by atoms with Crippen LogP contribution >= 0.6 is 23.1 Å². The monoisotopic (exact) mass is 348 g/mol. The van der Waals surface area contributed by atoms with Gasteiger partial charge in [-0.2, -0.15) is 5.10 Å². The molecule has 0 unspecified atom stereocenters. The Labute approximate surface area is 141 Å². The third-order valence-electron chi connectivity index (χ3n) is 3.85. The number of rotatable bonds is 3. The molecule has 23 heavy (non-hydrogen) atoms.